The third-order valence-electron chi connectivity index (χ3n) is 2.22. The van der Waals surface area contributed by atoms with Gasteiger partial charge in [0.15, 0.2) is 0 Å². The van der Waals surface area contributed by atoms with Crippen molar-refractivity contribution in [1.82, 2.24) is 4.98 Å². The SMILES string of the molecule is Cc1nc(COc2ccc(Br)c(C(=O)O)c2)cs1. The molecule has 0 aliphatic rings. The quantitative estimate of drug-likeness (QED) is 0.933. The van der Waals surface area contributed by atoms with E-state index in [2.05, 4.69) is 20.9 Å². The second-order valence-electron chi connectivity index (χ2n) is 3.59. The fourth-order valence-corrected chi connectivity index (χ4v) is 2.40. The summed E-state index contributed by atoms with van der Waals surface area (Å²) >= 11 is 4.74. The van der Waals surface area contributed by atoms with Crippen molar-refractivity contribution >= 4 is 33.2 Å². The molecular weight excluding hydrogens is 318 g/mol. The van der Waals surface area contributed by atoms with E-state index in [4.69, 9.17) is 9.84 Å². The van der Waals surface area contributed by atoms with Crippen molar-refractivity contribution in [3.05, 3.63) is 44.3 Å². The number of nitrogens with zero attached hydrogens (tertiary/aromatic N) is 1. The van der Waals surface area contributed by atoms with Crippen LogP contribution in [0.5, 0.6) is 5.75 Å². The molecule has 0 atom stereocenters. The van der Waals surface area contributed by atoms with Gasteiger partial charge in [0.2, 0.25) is 0 Å². The number of rotatable bonds is 4. The van der Waals surface area contributed by atoms with E-state index in [1.807, 2.05) is 12.3 Å². The summed E-state index contributed by atoms with van der Waals surface area (Å²) < 4.78 is 6.05. The number of hydrogen-bond donors (Lipinski definition) is 1. The molecule has 1 N–H and O–H groups in total. The molecule has 0 amide bonds. The normalized spacial score (nSPS) is 10.3. The Morgan fingerprint density at radius 2 is 2.33 bits per heavy atom. The highest BCUT2D eigenvalue weighted by molar-refractivity contribution is 9.10. The summed E-state index contributed by atoms with van der Waals surface area (Å²) in [5.41, 5.74) is 1.03. The molecule has 0 bridgehead atoms. The van der Waals surface area contributed by atoms with Crippen LogP contribution in [0.15, 0.2) is 28.1 Å². The third-order valence-corrected chi connectivity index (χ3v) is 3.74. The first kappa shape index (κ1) is 13.0. The number of carboxylic acid groups (broad SMARTS) is 1. The molecule has 0 fully saturated rings. The number of ether oxygens (including phenoxy) is 1. The molecule has 1 aromatic heterocycles. The fourth-order valence-electron chi connectivity index (χ4n) is 1.39. The van der Waals surface area contributed by atoms with Gasteiger partial charge in [-0.2, -0.15) is 0 Å². The van der Waals surface area contributed by atoms with Gasteiger partial charge in [0.25, 0.3) is 0 Å². The molecule has 4 nitrogen and oxygen atoms in total. The second-order valence-corrected chi connectivity index (χ2v) is 5.51. The lowest BCUT2D eigenvalue weighted by atomic mass is 10.2. The standard InChI is InChI=1S/C12H10BrNO3S/c1-7-14-8(6-18-7)5-17-9-2-3-11(13)10(4-9)12(15)16/h2-4,6H,5H2,1H3,(H,15,16). The number of halogens is 1. The Morgan fingerprint density at radius 3 is 2.94 bits per heavy atom. The molecule has 2 rings (SSSR count). The summed E-state index contributed by atoms with van der Waals surface area (Å²) in [6.07, 6.45) is 0. The number of aromatic carboxylic acids is 1. The van der Waals surface area contributed by atoms with Crippen molar-refractivity contribution < 1.29 is 14.6 Å². The molecule has 1 heterocycles. The molecule has 0 aliphatic carbocycles. The molecule has 6 heteroatoms. The Bertz CT molecular complexity index is 582. The maximum atomic E-state index is 11.0. The van der Waals surface area contributed by atoms with Crippen LogP contribution in [0.4, 0.5) is 0 Å². The van der Waals surface area contributed by atoms with Crippen molar-refractivity contribution in [2.24, 2.45) is 0 Å². The predicted octanol–water partition coefficient (Wildman–Crippen LogP) is 3.49. The topological polar surface area (TPSA) is 59.4 Å². The van der Waals surface area contributed by atoms with Crippen LogP contribution in [-0.2, 0) is 6.61 Å². The minimum absolute atomic E-state index is 0.182. The number of benzene rings is 1. The van der Waals surface area contributed by atoms with E-state index in [1.54, 1.807) is 23.5 Å². The average Bonchev–Trinajstić information content (AvgIpc) is 2.74. The third kappa shape index (κ3) is 3.08. The summed E-state index contributed by atoms with van der Waals surface area (Å²) in [4.78, 5) is 15.2. The van der Waals surface area contributed by atoms with Gasteiger partial charge < -0.3 is 9.84 Å². The Balaban J connectivity index is 2.10. The first-order valence-corrected chi connectivity index (χ1v) is 6.80. The van der Waals surface area contributed by atoms with E-state index < -0.39 is 5.97 Å². The lowest BCUT2D eigenvalue weighted by Gasteiger charge is -2.06. The summed E-state index contributed by atoms with van der Waals surface area (Å²) in [5, 5.41) is 11.9. The van der Waals surface area contributed by atoms with Crippen molar-refractivity contribution in [3.63, 3.8) is 0 Å². The zero-order valence-electron chi connectivity index (χ0n) is 9.51. The molecule has 18 heavy (non-hydrogen) atoms. The van der Waals surface area contributed by atoms with Crippen LogP contribution >= 0.6 is 27.3 Å². The molecule has 0 saturated heterocycles. The van der Waals surface area contributed by atoms with Gasteiger partial charge in [-0.25, -0.2) is 9.78 Å². The van der Waals surface area contributed by atoms with Crippen molar-refractivity contribution in [2.45, 2.75) is 13.5 Å². The molecule has 2 aromatic rings. The Hall–Kier alpha value is -1.40. The van der Waals surface area contributed by atoms with Gasteiger partial charge in [-0.15, -0.1) is 11.3 Å². The van der Waals surface area contributed by atoms with Gasteiger partial charge >= 0.3 is 5.97 Å². The number of carbonyl (C=O) groups is 1. The zero-order chi connectivity index (χ0) is 13.1. The maximum absolute atomic E-state index is 11.0. The molecule has 0 spiro atoms. The smallest absolute Gasteiger partial charge is 0.336 e. The first-order valence-electron chi connectivity index (χ1n) is 5.13. The molecule has 0 radical (unpaired) electrons. The van der Waals surface area contributed by atoms with Crippen LogP contribution in [0.1, 0.15) is 21.1 Å². The van der Waals surface area contributed by atoms with Gasteiger partial charge in [0.05, 0.1) is 16.3 Å². The van der Waals surface area contributed by atoms with E-state index in [1.165, 1.54) is 6.07 Å². The number of carboxylic acids is 1. The van der Waals surface area contributed by atoms with Gasteiger partial charge in [0.1, 0.15) is 12.4 Å². The predicted molar refractivity (Wildman–Crippen MR) is 72.3 cm³/mol. The molecule has 94 valence electrons. The first-order chi connectivity index (χ1) is 8.56. The number of thiazole rings is 1. The Morgan fingerprint density at radius 1 is 1.56 bits per heavy atom. The summed E-state index contributed by atoms with van der Waals surface area (Å²) in [5.74, 6) is -0.474. The van der Waals surface area contributed by atoms with Crippen LogP contribution in [0.3, 0.4) is 0 Å². The number of aryl methyl sites for hydroxylation is 1. The summed E-state index contributed by atoms with van der Waals surface area (Å²) in [6, 6.07) is 4.87. The largest absolute Gasteiger partial charge is 0.487 e. The van der Waals surface area contributed by atoms with Crippen molar-refractivity contribution in [3.8, 4) is 5.75 Å². The van der Waals surface area contributed by atoms with Crippen LogP contribution < -0.4 is 4.74 Å². The molecule has 0 saturated carbocycles. The van der Waals surface area contributed by atoms with Crippen molar-refractivity contribution in [2.75, 3.05) is 0 Å². The maximum Gasteiger partial charge on any atom is 0.336 e. The van der Waals surface area contributed by atoms with Crippen LogP contribution in [-0.4, -0.2) is 16.1 Å². The zero-order valence-corrected chi connectivity index (χ0v) is 11.9. The van der Waals surface area contributed by atoms with E-state index in [-0.39, 0.29) is 5.56 Å². The van der Waals surface area contributed by atoms with E-state index >= 15 is 0 Å². The Kier molecular flexibility index (Phi) is 3.98. The molecule has 1 aromatic carbocycles. The average molecular weight is 328 g/mol. The minimum Gasteiger partial charge on any atom is -0.487 e. The number of aromatic nitrogens is 1. The monoisotopic (exact) mass is 327 g/mol. The summed E-state index contributed by atoms with van der Waals surface area (Å²) in [6.45, 7) is 2.27. The summed E-state index contributed by atoms with van der Waals surface area (Å²) in [7, 11) is 0. The Labute approximate surface area is 116 Å². The van der Waals surface area contributed by atoms with E-state index in [9.17, 15) is 4.79 Å². The molecule has 0 unspecified atom stereocenters. The van der Waals surface area contributed by atoms with Crippen molar-refractivity contribution in [1.29, 1.82) is 0 Å². The van der Waals surface area contributed by atoms with Crippen LogP contribution in [0.2, 0.25) is 0 Å². The highest BCUT2D eigenvalue weighted by atomic mass is 79.9. The number of hydrogen-bond acceptors (Lipinski definition) is 4. The van der Waals surface area contributed by atoms with E-state index in [0.29, 0.717) is 16.8 Å². The van der Waals surface area contributed by atoms with Gasteiger partial charge in [0, 0.05) is 9.85 Å². The van der Waals surface area contributed by atoms with Crippen LogP contribution in [0.25, 0.3) is 0 Å². The molecule has 0 aliphatic heterocycles. The fraction of sp³-hybridized carbons (Fsp3) is 0.167. The minimum atomic E-state index is -0.989. The lowest BCUT2D eigenvalue weighted by Crippen LogP contribution is -2.00. The van der Waals surface area contributed by atoms with Gasteiger partial charge in [-0.1, -0.05) is 0 Å². The second kappa shape index (κ2) is 5.49. The van der Waals surface area contributed by atoms with E-state index in [0.717, 1.165) is 10.7 Å². The van der Waals surface area contributed by atoms with Gasteiger partial charge in [-0.05, 0) is 41.1 Å². The molecular formula is C12H10BrNO3S. The van der Waals surface area contributed by atoms with Gasteiger partial charge in [-0.3, -0.25) is 0 Å². The lowest BCUT2D eigenvalue weighted by molar-refractivity contribution is 0.0695. The highest BCUT2D eigenvalue weighted by Crippen LogP contribution is 2.23. The highest BCUT2D eigenvalue weighted by Gasteiger charge is 2.10. The van der Waals surface area contributed by atoms with Crippen LogP contribution in [0, 0.1) is 6.92 Å².